The van der Waals surface area contributed by atoms with Gasteiger partial charge in [-0.3, -0.25) is 10.1 Å². The predicted octanol–water partition coefficient (Wildman–Crippen LogP) is 0.992. The molecule has 0 radical (unpaired) electrons. The zero-order chi connectivity index (χ0) is 9.05. The van der Waals surface area contributed by atoms with Crippen molar-refractivity contribution in [2.24, 2.45) is 11.8 Å². The van der Waals surface area contributed by atoms with Crippen molar-refractivity contribution >= 4 is 5.97 Å². The summed E-state index contributed by atoms with van der Waals surface area (Å²) in [6.45, 7) is 0. The van der Waals surface area contributed by atoms with Crippen LogP contribution in [0.15, 0.2) is 0 Å². The number of hydrogen-bond donors (Lipinski definition) is 2. The van der Waals surface area contributed by atoms with Gasteiger partial charge in [-0.15, -0.1) is 0 Å². The molecule has 2 atom stereocenters. The second-order valence-electron chi connectivity index (χ2n) is 5.08. The summed E-state index contributed by atoms with van der Waals surface area (Å²) < 4.78 is 0. The average Bonchev–Trinajstić information content (AvgIpc) is 2.00. The van der Waals surface area contributed by atoms with Gasteiger partial charge in [0.25, 0.3) is 0 Å². The van der Waals surface area contributed by atoms with Crippen molar-refractivity contribution in [1.82, 2.24) is 5.32 Å². The molecule has 4 aliphatic rings. The standard InChI is InChI=1S/C10H15NO2/c12-9(13)10-4-6-1-7(5-10)3-8(2-6)11-10/h6-8,11H,1-5H2,(H,12,13)/t6-,7-,8?,10?/m0/s1. The SMILES string of the molecule is O=C(O)C12C[C@@H]3CC(C[C@H](C3)C1)N2. The maximum Gasteiger partial charge on any atom is 0.323 e. The van der Waals surface area contributed by atoms with Crippen LogP contribution in [0.2, 0.25) is 0 Å². The minimum Gasteiger partial charge on any atom is -0.480 e. The van der Waals surface area contributed by atoms with Gasteiger partial charge >= 0.3 is 5.97 Å². The number of aliphatic carboxylic acids is 1. The summed E-state index contributed by atoms with van der Waals surface area (Å²) in [6.07, 6.45) is 5.45. The molecule has 2 heterocycles. The molecular formula is C10H15NO2. The molecular weight excluding hydrogens is 166 g/mol. The lowest BCUT2D eigenvalue weighted by molar-refractivity contribution is -0.154. The van der Waals surface area contributed by atoms with Crippen LogP contribution in [0.5, 0.6) is 0 Å². The zero-order valence-corrected chi connectivity index (χ0v) is 7.62. The highest BCUT2D eigenvalue weighted by Gasteiger charge is 2.54. The molecule has 0 aromatic carbocycles. The smallest absolute Gasteiger partial charge is 0.323 e. The summed E-state index contributed by atoms with van der Waals surface area (Å²) in [4.78, 5) is 11.2. The average molecular weight is 181 g/mol. The van der Waals surface area contributed by atoms with Gasteiger partial charge in [0.2, 0.25) is 0 Å². The zero-order valence-electron chi connectivity index (χ0n) is 7.62. The number of nitrogens with one attached hydrogen (secondary N) is 1. The Kier molecular flexibility index (Phi) is 1.36. The van der Waals surface area contributed by atoms with Crippen LogP contribution in [0.25, 0.3) is 0 Å². The van der Waals surface area contributed by atoms with Gasteiger partial charge in [0, 0.05) is 6.04 Å². The van der Waals surface area contributed by atoms with E-state index in [9.17, 15) is 9.90 Å². The number of carboxylic acids is 1. The summed E-state index contributed by atoms with van der Waals surface area (Å²) in [7, 11) is 0. The summed E-state index contributed by atoms with van der Waals surface area (Å²) >= 11 is 0. The van der Waals surface area contributed by atoms with Gasteiger partial charge in [0.1, 0.15) is 5.54 Å². The molecule has 4 bridgehead atoms. The Balaban J connectivity index is 1.95. The molecule has 72 valence electrons. The van der Waals surface area contributed by atoms with Crippen LogP contribution >= 0.6 is 0 Å². The second kappa shape index (κ2) is 2.27. The van der Waals surface area contributed by atoms with Gasteiger partial charge in [-0.05, 0) is 43.9 Å². The monoisotopic (exact) mass is 181 g/mol. The van der Waals surface area contributed by atoms with Crippen LogP contribution in [-0.4, -0.2) is 22.7 Å². The Labute approximate surface area is 77.5 Å². The molecule has 3 heteroatoms. The number of rotatable bonds is 1. The topological polar surface area (TPSA) is 49.3 Å². The van der Waals surface area contributed by atoms with E-state index in [1.165, 1.54) is 19.3 Å². The molecule has 0 aromatic heterocycles. The van der Waals surface area contributed by atoms with Crippen LogP contribution in [0.3, 0.4) is 0 Å². The lowest BCUT2D eigenvalue weighted by atomic mass is 9.59. The Hall–Kier alpha value is -0.570. The molecule has 0 amide bonds. The molecule has 0 aromatic rings. The molecule has 2 aliphatic heterocycles. The van der Waals surface area contributed by atoms with Gasteiger partial charge in [-0.1, -0.05) is 0 Å². The number of piperidine rings is 2. The first-order valence-corrected chi connectivity index (χ1v) is 5.19. The fraction of sp³-hybridized carbons (Fsp3) is 0.900. The molecule has 2 saturated heterocycles. The Morgan fingerprint density at radius 1 is 1.23 bits per heavy atom. The molecule has 2 N–H and O–H groups in total. The van der Waals surface area contributed by atoms with E-state index in [0.29, 0.717) is 17.9 Å². The molecule has 0 unspecified atom stereocenters. The third kappa shape index (κ3) is 0.966. The summed E-state index contributed by atoms with van der Waals surface area (Å²) in [5.74, 6) is 0.760. The predicted molar refractivity (Wildman–Crippen MR) is 47.4 cm³/mol. The van der Waals surface area contributed by atoms with Crippen molar-refractivity contribution in [3.8, 4) is 0 Å². The van der Waals surface area contributed by atoms with E-state index in [-0.39, 0.29) is 0 Å². The fourth-order valence-corrected chi connectivity index (χ4v) is 3.83. The molecule has 2 saturated carbocycles. The summed E-state index contributed by atoms with van der Waals surface area (Å²) in [5, 5.41) is 12.5. The second-order valence-corrected chi connectivity index (χ2v) is 5.08. The van der Waals surface area contributed by atoms with Crippen LogP contribution in [0.1, 0.15) is 32.1 Å². The highest BCUT2D eigenvalue weighted by atomic mass is 16.4. The molecule has 2 aliphatic carbocycles. The van der Waals surface area contributed by atoms with Crippen molar-refractivity contribution in [3.05, 3.63) is 0 Å². The number of carboxylic acid groups (broad SMARTS) is 1. The normalized spacial score (nSPS) is 52.5. The molecule has 4 rings (SSSR count). The fourth-order valence-electron chi connectivity index (χ4n) is 3.83. The van der Waals surface area contributed by atoms with E-state index in [2.05, 4.69) is 5.32 Å². The van der Waals surface area contributed by atoms with Gasteiger partial charge in [-0.2, -0.15) is 0 Å². The van der Waals surface area contributed by atoms with Crippen molar-refractivity contribution in [1.29, 1.82) is 0 Å². The minimum absolute atomic E-state index is 0.502. The lowest BCUT2D eigenvalue weighted by Crippen LogP contribution is -2.67. The number of carbonyl (C=O) groups is 1. The molecule has 4 fully saturated rings. The van der Waals surface area contributed by atoms with Gasteiger partial charge in [-0.25, -0.2) is 0 Å². The van der Waals surface area contributed by atoms with E-state index in [4.69, 9.17) is 0 Å². The Morgan fingerprint density at radius 3 is 2.31 bits per heavy atom. The first-order valence-electron chi connectivity index (χ1n) is 5.19. The molecule has 13 heavy (non-hydrogen) atoms. The van der Waals surface area contributed by atoms with E-state index in [1.807, 2.05) is 0 Å². The van der Waals surface area contributed by atoms with Crippen LogP contribution in [0, 0.1) is 11.8 Å². The summed E-state index contributed by atoms with van der Waals surface area (Å²) in [6, 6.07) is 0.502. The van der Waals surface area contributed by atoms with Crippen LogP contribution in [0.4, 0.5) is 0 Å². The molecule has 0 spiro atoms. The van der Waals surface area contributed by atoms with Crippen molar-refractivity contribution < 1.29 is 9.90 Å². The van der Waals surface area contributed by atoms with Crippen molar-refractivity contribution in [2.75, 3.05) is 0 Å². The number of hydrogen-bond acceptors (Lipinski definition) is 2. The molecule has 3 nitrogen and oxygen atoms in total. The largest absolute Gasteiger partial charge is 0.480 e. The Bertz CT molecular complexity index is 226. The third-order valence-electron chi connectivity index (χ3n) is 4.07. The third-order valence-corrected chi connectivity index (χ3v) is 4.07. The highest BCUT2D eigenvalue weighted by molar-refractivity contribution is 5.79. The lowest BCUT2D eigenvalue weighted by Gasteiger charge is -2.55. The van der Waals surface area contributed by atoms with Gasteiger partial charge in [0.05, 0.1) is 0 Å². The van der Waals surface area contributed by atoms with E-state index < -0.39 is 11.5 Å². The maximum absolute atomic E-state index is 11.2. The quantitative estimate of drug-likeness (QED) is 0.634. The van der Waals surface area contributed by atoms with Gasteiger partial charge < -0.3 is 5.11 Å². The van der Waals surface area contributed by atoms with E-state index >= 15 is 0 Å². The van der Waals surface area contributed by atoms with Crippen molar-refractivity contribution in [3.63, 3.8) is 0 Å². The first kappa shape index (κ1) is 7.80. The highest BCUT2D eigenvalue weighted by Crippen LogP contribution is 2.49. The van der Waals surface area contributed by atoms with Crippen LogP contribution in [-0.2, 0) is 4.79 Å². The van der Waals surface area contributed by atoms with Gasteiger partial charge in [0.15, 0.2) is 0 Å². The minimum atomic E-state index is -0.619. The first-order chi connectivity index (χ1) is 6.18. The Morgan fingerprint density at radius 2 is 1.85 bits per heavy atom. The van der Waals surface area contributed by atoms with E-state index in [1.54, 1.807) is 0 Å². The van der Waals surface area contributed by atoms with Crippen LogP contribution < -0.4 is 5.32 Å². The van der Waals surface area contributed by atoms with E-state index in [0.717, 1.165) is 12.8 Å². The maximum atomic E-state index is 11.2. The summed E-state index contributed by atoms with van der Waals surface area (Å²) in [5.41, 5.74) is -0.533. The van der Waals surface area contributed by atoms with Crippen molar-refractivity contribution in [2.45, 2.75) is 43.7 Å².